The van der Waals surface area contributed by atoms with Gasteiger partial charge in [0.1, 0.15) is 0 Å². The molecule has 1 unspecified atom stereocenters. The number of hydrogen-bond donors (Lipinski definition) is 4. The summed E-state index contributed by atoms with van der Waals surface area (Å²) in [4.78, 5) is 23.0. The van der Waals surface area contributed by atoms with Gasteiger partial charge in [0, 0.05) is 24.2 Å². The maximum atomic E-state index is 11.5. The summed E-state index contributed by atoms with van der Waals surface area (Å²) in [6, 6.07) is 6.80. The van der Waals surface area contributed by atoms with Crippen molar-refractivity contribution in [1.29, 1.82) is 0 Å². The highest BCUT2D eigenvalue weighted by molar-refractivity contribution is 6.30. The zero-order valence-corrected chi connectivity index (χ0v) is 14.0. The minimum absolute atomic E-state index is 0. The van der Waals surface area contributed by atoms with Crippen LogP contribution in [-0.2, 0) is 11.3 Å². The highest BCUT2D eigenvalue weighted by Crippen LogP contribution is 2.08. The first-order chi connectivity index (χ1) is 9.97. The van der Waals surface area contributed by atoms with Crippen LogP contribution in [0.4, 0.5) is 4.79 Å². The van der Waals surface area contributed by atoms with Gasteiger partial charge < -0.3 is 21.7 Å². The Balaban J connectivity index is 0.00000441. The quantitative estimate of drug-likeness (QED) is 0.599. The van der Waals surface area contributed by atoms with Gasteiger partial charge in [-0.05, 0) is 31.0 Å². The van der Waals surface area contributed by atoms with Crippen molar-refractivity contribution in [2.45, 2.75) is 25.9 Å². The molecule has 5 N–H and O–H groups in total. The van der Waals surface area contributed by atoms with Crippen LogP contribution in [0.2, 0.25) is 5.02 Å². The van der Waals surface area contributed by atoms with Gasteiger partial charge in [-0.25, -0.2) is 4.79 Å². The normalized spacial score (nSPS) is 11.0. The van der Waals surface area contributed by atoms with E-state index in [1.54, 1.807) is 12.1 Å². The first-order valence-corrected chi connectivity index (χ1v) is 7.13. The van der Waals surface area contributed by atoms with Crippen LogP contribution in [0, 0.1) is 0 Å². The summed E-state index contributed by atoms with van der Waals surface area (Å²) >= 11 is 5.77. The van der Waals surface area contributed by atoms with Gasteiger partial charge in [-0.2, -0.15) is 0 Å². The van der Waals surface area contributed by atoms with Gasteiger partial charge in [0.15, 0.2) is 0 Å². The second-order valence-electron chi connectivity index (χ2n) is 4.78. The topological polar surface area (TPSA) is 96.2 Å². The second-order valence-corrected chi connectivity index (χ2v) is 5.22. The van der Waals surface area contributed by atoms with Crippen molar-refractivity contribution in [3.8, 4) is 0 Å². The number of urea groups is 1. The minimum atomic E-state index is -0.396. The number of hydrogen-bond acceptors (Lipinski definition) is 3. The van der Waals surface area contributed by atoms with Crippen LogP contribution in [0.15, 0.2) is 24.3 Å². The van der Waals surface area contributed by atoms with Crippen molar-refractivity contribution >= 4 is 35.9 Å². The maximum Gasteiger partial charge on any atom is 0.315 e. The van der Waals surface area contributed by atoms with E-state index < -0.39 is 6.03 Å². The van der Waals surface area contributed by atoms with E-state index in [-0.39, 0.29) is 30.9 Å². The molecule has 1 aromatic rings. The lowest BCUT2D eigenvalue weighted by Gasteiger charge is -2.09. The molecule has 8 heteroatoms. The molecule has 6 nitrogen and oxygen atoms in total. The molecule has 3 amide bonds. The van der Waals surface area contributed by atoms with E-state index in [0.29, 0.717) is 24.5 Å². The van der Waals surface area contributed by atoms with Gasteiger partial charge in [0.2, 0.25) is 5.91 Å². The molecule has 0 aliphatic rings. The van der Waals surface area contributed by atoms with E-state index >= 15 is 0 Å². The standard InChI is InChI=1S/C14H21ClN4O2.ClH/c1-10(16)6-7-17-13(20)9-19-14(21)18-8-11-2-4-12(15)5-3-11;/h2-5,10H,6-9,16H2,1H3,(H,17,20)(H2,18,19,21);1H. The Kier molecular flexibility index (Phi) is 10.4. The third kappa shape index (κ3) is 9.44. The van der Waals surface area contributed by atoms with Crippen LogP contribution in [0.1, 0.15) is 18.9 Å². The third-order valence-corrected chi connectivity index (χ3v) is 2.95. The van der Waals surface area contributed by atoms with Crippen molar-refractivity contribution in [2.24, 2.45) is 5.73 Å². The SMILES string of the molecule is CC(N)CCNC(=O)CNC(=O)NCc1ccc(Cl)cc1.Cl. The molecule has 0 heterocycles. The first-order valence-electron chi connectivity index (χ1n) is 6.76. The summed E-state index contributed by atoms with van der Waals surface area (Å²) in [6.45, 7) is 2.68. The molecule has 0 saturated carbocycles. The number of halogens is 2. The molecule has 1 rings (SSSR count). The second kappa shape index (κ2) is 11.1. The zero-order valence-electron chi connectivity index (χ0n) is 12.4. The molecule has 124 valence electrons. The number of nitrogens with two attached hydrogens (primary N) is 1. The van der Waals surface area contributed by atoms with Gasteiger partial charge in [-0.3, -0.25) is 4.79 Å². The summed E-state index contributed by atoms with van der Waals surface area (Å²) in [7, 11) is 0. The number of amides is 3. The summed E-state index contributed by atoms with van der Waals surface area (Å²) in [5.74, 6) is -0.239. The highest BCUT2D eigenvalue weighted by atomic mass is 35.5. The summed E-state index contributed by atoms with van der Waals surface area (Å²) in [6.07, 6.45) is 0.703. The molecule has 0 aliphatic heterocycles. The molecule has 0 saturated heterocycles. The molecule has 22 heavy (non-hydrogen) atoms. The maximum absolute atomic E-state index is 11.5. The Morgan fingerprint density at radius 1 is 1.18 bits per heavy atom. The van der Waals surface area contributed by atoms with Gasteiger partial charge in [0.25, 0.3) is 0 Å². The minimum Gasteiger partial charge on any atom is -0.355 e. The van der Waals surface area contributed by atoms with Gasteiger partial charge in [0.05, 0.1) is 6.54 Å². The van der Waals surface area contributed by atoms with Gasteiger partial charge in [-0.15, -0.1) is 12.4 Å². The van der Waals surface area contributed by atoms with E-state index in [0.717, 1.165) is 5.56 Å². The largest absolute Gasteiger partial charge is 0.355 e. The molecule has 0 bridgehead atoms. The van der Waals surface area contributed by atoms with Crippen molar-refractivity contribution in [1.82, 2.24) is 16.0 Å². The van der Waals surface area contributed by atoms with Gasteiger partial charge in [-0.1, -0.05) is 23.7 Å². The lowest BCUT2D eigenvalue weighted by molar-refractivity contribution is -0.120. The fourth-order valence-electron chi connectivity index (χ4n) is 1.51. The molecule has 0 fully saturated rings. The number of carbonyl (C=O) groups excluding carboxylic acids is 2. The van der Waals surface area contributed by atoms with Crippen molar-refractivity contribution in [2.75, 3.05) is 13.1 Å². The van der Waals surface area contributed by atoms with E-state index in [1.165, 1.54) is 0 Å². The molecular weight excluding hydrogens is 327 g/mol. The fourth-order valence-corrected chi connectivity index (χ4v) is 1.64. The molecule has 0 spiro atoms. The Morgan fingerprint density at radius 3 is 2.41 bits per heavy atom. The Hall–Kier alpha value is -1.50. The molecule has 0 aliphatic carbocycles. The van der Waals surface area contributed by atoms with Crippen LogP contribution >= 0.6 is 24.0 Å². The van der Waals surface area contributed by atoms with E-state index in [1.807, 2.05) is 19.1 Å². The lowest BCUT2D eigenvalue weighted by atomic mass is 10.2. The van der Waals surface area contributed by atoms with Gasteiger partial charge >= 0.3 is 6.03 Å². The van der Waals surface area contributed by atoms with E-state index in [2.05, 4.69) is 16.0 Å². The number of carbonyl (C=O) groups is 2. The zero-order chi connectivity index (χ0) is 15.7. The van der Waals surface area contributed by atoms with Crippen LogP contribution < -0.4 is 21.7 Å². The van der Waals surface area contributed by atoms with Crippen LogP contribution in [0.5, 0.6) is 0 Å². The molecular formula is C14H22Cl2N4O2. The fraction of sp³-hybridized carbons (Fsp3) is 0.429. The highest BCUT2D eigenvalue weighted by Gasteiger charge is 2.05. The summed E-state index contributed by atoms with van der Waals surface area (Å²) in [5, 5.41) is 8.46. The van der Waals surface area contributed by atoms with E-state index in [4.69, 9.17) is 17.3 Å². The first kappa shape index (κ1) is 20.5. The molecule has 1 atom stereocenters. The van der Waals surface area contributed by atoms with Crippen LogP contribution in [0.3, 0.4) is 0 Å². The lowest BCUT2D eigenvalue weighted by Crippen LogP contribution is -2.42. The molecule has 0 aromatic heterocycles. The summed E-state index contributed by atoms with van der Waals surface area (Å²) < 4.78 is 0. The number of nitrogens with one attached hydrogen (secondary N) is 3. The predicted octanol–water partition coefficient (Wildman–Crippen LogP) is 1.41. The smallest absolute Gasteiger partial charge is 0.315 e. The Morgan fingerprint density at radius 2 is 1.82 bits per heavy atom. The molecule has 1 aromatic carbocycles. The van der Waals surface area contributed by atoms with E-state index in [9.17, 15) is 9.59 Å². The van der Waals surface area contributed by atoms with Crippen LogP contribution in [0.25, 0.3) is 0 Å². The van der Waals surface area contributed by atoms with Crippen molar-refractivity contribution < 1.29 is 9.59 Å². The Labute approximate surface area is 141 Å². The average Bonchev–Trinajstić information content (AvgIpc) is 2.44. The molecule has 0 radical (unpaired) electrons. The number of benzene rings is 1. The van der Waals surface area contributed by atoms with Crippen molar-refractivity contribution in [3.63, 3.8) is 0 Å². The summed E-state index contributed by atoms with van der Waals surface area (Å²) in [5.41, 5.74) is 6.49. The number of rotatable bonds is 7. The third-order valence-electron chi connectivity index (χ3n) is 2.70. The monoisotopic (exact) mass is 348 g/mol. The predicted molar refractivity (Wildman–Crippen MR) is 90.2 cm³/mol. The van der Waals surface area contributed by atoms with Crippen LogP contribution in [-0.4, -0.2) is 31.1 Å². The average molecular weight is 349 g/mol. The Bertz CT molecular complexity index is 466. The van der Waals surface area contributed by atoms with Crippen molar-refractivity contribution in [3.05, 3.63) is 34.9 Å².